The molecule has 5 aromatic rings. The number of aromatic nitrogens is 3. The number of pyridine rings is 1. The lowest BCUT2D eigenvalue weighted by atomic mass is 9.90. The summed E-state index contributed by atoms with van der Waals surface area (Å²) < 4.78 is 21.1. The van der Waals surface area contributed by atoms with Crippen LogP contribution in [0.25, 0.3) is 33.3 Å². The lowest BCUT2D eigenvalue weighted by Crippen LogP contribution is -2.35. The fourth-order valence-corrected chi connectivity index (χ4v) is 5.55. The van der Waals surface area contributed by atoms with Crippen LogP contribution in [0.1, 0.15) is 23.1 Å². The van der Waals surface area contributed by atoms with Gasteiger partial charge in [-0.2, -0.15) is 0 Å². The van der Waals surface area contributed by atoms with Gasteiger partial charge in [-0.15, -0.1) is 0 Å². The van der Waals surface area contributed by atoms with E-state index in [0.29, 0.717) is 35.6 Å². The van der Waals surface area contributed by atoms with Crippen LogP contribution in [0.5, 0.6) is 5.75 Å². The Kier molecular flexibility index (Phi) is 7.50. The lowest BCUT2D eigenvalue weighted by molar-refractivity contribution is -0.120. The Bertz CT molecular complexity index is 1800. The van der Waals surface area contributed by atoms with Gasteiger partial charge in [0, 0.05) is 42.9 Å². The first kappa shape index (κ1) is 27.3. The molecule has 8 nitrogen and oxygen atoms in total. The van der Waals surface area contributed by atoms with Gasteiger partial charge in [-0.05, 0) is 77.9 Å². The van der Waals surface area contributed by atoms with Crippen molar-refractivity contribution in [3.05, 3.63) is 95.7 Å². The second-order valence-corrected chi connectivity index (χ2v) is 10.3. The molecule has 1 aliphatic heterocycles. The fraction of sp³-hybridized carbons (Fsp3) is 0.212. The second kappa shape index (κ2) is 11.5. The number of halogens is 1. The zero-order valence-corrected chi connectivity index (χ0v) is 23.7. The molecule has 1 amide bonds. The number of anilines is 2. The van der Waals surface area contributed by atoms with E-state index in [4.69, 9.17) is 4.74 Å². The van der Waals surface area contributed by atoms with E-state index >= 15 is 4.39 Å². The number of benzene rings is 3. The van der Waals surface area contributed by atoms with Gasteiger partial charge in [-0.25, -0.2) is 14.4 Å². The second-order valence-electron chi connectivity index (χ2n) is 10.3. The molecular weight excluding hydrogens is 531 g/mol. The maximum atomic E-state index is 15.5. The monoisotopic (exact) mass is 562 g/mol. The number of methoxy groups -OCH3 is 1. The number of carbonyl (C=O) groups excluding carboxylic acids is 1. The van der Waals surface area contributed by atoms with Gasteiger partial charge < -0.3 is 20.7 Å². The van der Waals surface area contributed by atoms with Crippen molar-refractivity contribution in [1.29, 1.82) is 0 Å². The highest BCUT2D eigenvalue weighted by Crippen LogP contribution is 2.38. The number of carbonyl (C=O) groups is 1. The third kappa shape index (κ3) is 5.14. The normalized spacial score (nSPS) is 14.7. The predicted octanol–water partition coefficient (Wildman–Crippen LogP) is 5.85. The van der Waals surface area contributed by atoms with Crippen molar-refractivity contribution in [2.75, 3.05) is 19.0 Å². The first-order valence-electron chi connectivity index (χ1n) is 13.8. The number of rotatable bonds is 8. The van der Waals surface area contributed by atoms with E-state index in [1.54, 1.807) is 24.7 Å². The van der Waals surface area contributed by atoms with Crippen LogP contribution in [0.2, 0.25) is 0 Å². The van der Waals surface area contributed by atoms with Crippen LogP contribution in [-0.2, 0) is 11.3 Å². The highest BCUT2D eigenvalue weighted by atomic mass is 19.1. The molecule has 42 heavy (non-hydrogen) atoms. The van der Waals surface area contributed by atoms with Crippen molar-refractivity contribution in [3.8, 4) is 28.0 Å². The molecule has 1 saturated heterocycles. The first-order chi connectivity index (χ1) is 20.4. The number of nitrogens with zero attached hydrogens (tertiary/aromatic N) is 3. The first-order valence-corrected chi connectivity index (χ1v) is 13.8. The molecule has 1 atom stereocenters. The summed E-state index contributed by atoms with van der Waals surface area (Å²) in [6, 6.07) is 17.0. The maximum Gasteiger partial charge on any atom is 0.237 e. The van der Waals surface area contributed by atoms with Crippen LogP contribution in [0.15, 0.2) is 73.2 Å². The molecule has 3 aromatic carbocycles. The summed E-state index contributed by atoms with van der Waals surface area (Å²) in [5.41, 5.74) is 8.54. The van der Waals surface area contributed by atoms with E-state index in [1.807, 2.05) is 43.3 Å². The molecule has 1 fully saturated rings. The lowest BCUT2D eigenvalue weighted by Gasteiger charge is -2.18. The minimum atomic E-state index is -0.381. The predicted molar refractivity (Wildman–Crippen MR) is 162 cm³/mol. The highest BCUT2D eigenvalue weighted by Gasteiger charge is 2.24. The summed E-state index contributed by atoms with van der Waals surface area (Å²) in [6.45, 7) is 4.93. The Morgan fingerprint density at radius 2 is 1.71 bits per heavy atom. The summed E-state index contributed by atoms with van der Waals surface area (Å²) >= 11 is 0. The SMILES string of the molecule is COc1cc(-c2cccc(-c3cccc(Nc4nccc5nccnc45)c3C)c2C)cc(F)c1CN[C@@H]1CCNC1=O. The van der Waals surface area contributed by atoms with E-state index in [0.717, 1.165) is 44.6 Å². The quantitative estimate of drug-likeness (QED) is 0.218. The van der Waals surface area contributed by atoms with Gasteiger partial charge in [0.05, 0.1) is 18.7 Å². The molecule has 0 spiro atoms. The molecule has 0 radical (unpaired) electrons. The Balaban J connectivity index is 1.33. The van der Waals surface area contributed by atoms with Crippen LogP contribution >= 0.6 is 0 Å². The third-order valence-electron chi connectivity index (χ3n) is 7.86. The van der Waals surface area contributed by atoms with Crippen molar-refractivity contribution in [2.24, 2.45) is 0 Å². The summed E-state index contributed by atoms with van der Waals surface area (Å²) in [5, 5.41) is 9.39. The van der Waals surface area contributed by atoms with E-state index in [9.17, 15) is 4.79 Å². The van der Waals surface area contributed by atoms with Gasteiger partial charge in [-0.1, -0.05) is 30.3 Å². The van der Waals surface area contributed by atoms with E-state index < -0.39 is 0 Å². The molecule has 9 heteroatoms. The van der Waals surface area contributed by atoms with Gasteiger partial charge >= 0.3 is 0 Å². The van der Waals surface area contributed by atoms with Crippen LogP contribution in [0, 0.1) is 19.7 Å². The Morgan fingerprint density at radius 1 is 0.952 bits per heavy atom. The molecule has 0 bridgehead atoms. The summed E-state index contributed by atoms with van der Waals surface area (Å²) in [6.07, 6.45) is 5.71. The van der Waals surface area contributed by atoms with E-state index in [1.165, 1.54) is 7.11 Å². The zero-order chi connectivity index (χ0) is 29.2. The number of amides is 1. The van der Waals surface area contributed by atoms with Crippen molar-refractivity contribution < 1.29 is 13.9 Å². The topological polar surface area (TPSA) is 101 Å². The average molecular weight is 563 g/mol. The maximum absolute atomic E-state index is 15.5. The third-order valence-corrected chi connectivity index (χ3v) is 7.86. The number of ether oxygens (including phenoxy) is 1. The van der Waals surface area contributed by atoms with Crippen LogP contribution < -0.4 is 20.7 Å². The summed E-state index contributed by atoms with van der Waals surface area (Å²) in [4.78, 5) is 25.3. The number of hydrogen-bond acceptors (Lipinski definition) is 7. The van der Waals surface area contributed by atoms with Gasteiger partial charge in [0.25, 0.3) is 0 Å². The van der Waals surface area contributed by atoms with Crippen molar-refractivity contribution >= 4 is 28.4 Å². The van der Waals surface area contributed by atoms with E-state index in [-0.39, 0.29) is 24.3 Å². The van der Waals surface area contributed by atoms with Gasteiger partial charge in [0.1, 0.15) is 17.1 Å². The largest absolute Gasteiger partial charge is 0.496 e. The Labute approximate surface area is 243 Å². The van der Waals surface area contributed by atoms with Crippen LogP contribution in [-0.4, -0.2) is 40.6 Å². The van der Waals surface area contributed by atoms with Crippen LogP contribution in [0.3, 0.4) is 0 Å². The smallest absolute Gasteiger partial charge is 0.237 e. The number of fused-ring (bicyclic) bond motifs is 1. The standard InChI is InChI=1S/C33H31FN6O2/c1-19-22(21-16-26(34)25(30(17-21)42-3)18-39-29-11-13-38-33(29)41)6-4-7-23(19)24-8-5-9-27(20(24)2)40-32-31-28(10-12-37-32)35-14-15-36-31/h4-10,12,14-17,29,39H,11,13,18H2,1-3H3,(H,37,40)(H,38,41)/t29-/m1/s1. The Morgan fingerprint density at radius 3 is 2.50 bits per heavy atom. The highest BCUT2D eigenvalue weighted by molar-refractivity contribution is 5.89. The molecule has 212 valence electrons. The molecule has 2 aromatic heterocycles. The molecule has 6 rings (SSSR count). The van der Waals surface area contributed by atoms with Gasteiger partial charge in [0.15, 0.2) is 5.82 Å². The molecule has 3 N–H and O–H groups in total. The van der Waals surface area contributed by atoms with E-state index in [2.05, 4.69) is 50.0 Å². The molecule has 1 aliphatic rings. The molecule has 0 unspecified atom stereocenters. The number of nitrogens with one attached hydrogen (secondary N) is 3. The van der Waals surface area contributed by atoms with Crippen molar-refractivity contribution in [3.63, 3.8) is 0 Å². The molecule has 0 aliphatic carbocycles. The van der Waals surface area contributed by atoms with Gasteiger partial charge in [0.2, 0.25) is 5.91 Å². The van der Waals surface area contributed by atoms with Gasteiger partial charge in [-0.3, -0.25) is 9.78 Å². The summed E-state index contributed by atoms with van der Waals surface area (Å²) in [5.74, 6) is 0.633. The molecule has 3 heterocycles. The minimum Gasteiger partial charge on any atom is -0.496 e. The average Bonchev–Trinajstić information content (AvgIpc) is 3.42. The number of hydrogen-bond donors (Lipinski definition) is 3. The van der Waals surface area contributed by atoms with Crippen LogP contribution in [0.4, 0.5) is 15.9 Å². The molecule has 0 saturated carbocycles. The Hall–Kier alpha value is -4.89. The fourth-order valence-electron chi connectivity index (χ4n) is 5.55. The van der Waals surface area contributed by atoms with Crippen molar-refractivity contribution in [2.45, 2.75) is 32.9 Å². The van der Waals surface area contributed by atoms with Crippen molar-refractivity contribution in [1.82, 2.24) is 25.6 Å². The summed E-state index contributed by atoms with van der Waals surface area (Å²) in [7, 11) is 1.53. The zero-order valence-electron chi connectivity index (χ0n) is 23.7. The molecular formula is C33H31FN6O2. The minimum absolute atomic E-state index is 0.0601.